The third kappa shape index (κ3) is 8.15. The number of amides is 1. The van der Waals surface area contributed by atoms with Crippen molar-refractivity contribution in [2.75, 3.05) is 10.2 Å². The van der Waals surface area contributed by atoms with Gasteiger partial charge in [0.2, 0.25) is 0 Å². The van der Waals surface area contributed by atoms with Crippen LogP contribution in [0.5, 0.6) is 0 Å². The lowest BCUT2D eigenvalue weighted by atomic mass is 10.1. The minimum absolute atomic E-state index is 0.248. The highest BCUT2D eigenvalue weighted by Gasteiger charge is 2.32. The number of hydrogen-bond donors (Lipinski definition) is 1. The third-order valence-corrected chi connectivity index (χ3v) is 7.56. The third-order valence-electron chi connectivity index (χ3n) is 7.56. The highest BCUT2D eigenvalue weighted by atomic mass is 16.6. The van der Waals surface area contributed by atoms with Gasteiger partial charge in [-0.15, -0.1) is 0 Å². The largest absolute Gasteiger partial charge is 0.443 e. The molecule has 0 atom stereocenters. The number of fused-ring (bicyclic) bond motifs is 1. The number of aromatic nitrogens is 5. The summed E-state index contributed by atoms with van der Waals surface area (Å²) >= 11 is 0. The summed E-state index contributed by atoms with van der Waals surface area (Å²) in [6, 6.07) is 19.2. The van der Waals surface area contributed by atoms with E-state index in [1.54, 1.807) is 45.3 Å². The Morgan fingerprint density at radius 3 is 2.34 bits per heavy atom. The summed E-state index contributed by atoms with van der Waals surface area (Å²) in [4.78, 5) is 42.2. The lowest BCUT2D eigenvalue weighted by Crippen LogP contribution is -2.35. The van der Waals surface area contributed by atoms with Gasteiger partial charge in [-0.25, -0.2) is 24.5 Å². The van der Waals surface area contributed by atoms with Crippen molar-refractivity contribution in [3.05, 3.63) is 102 Å². The van der Waals surface area contributed by atoms with Gasteiger partial charge in [-0.05, 0) is 89.9 Å². The van der Waals surface area contributed by atoms with Crippen molar-refractivity contribution in [3.8, 4) is 22.5 Å². The normalized spacial score (nSPS) is 12.7. The molecule has 1 amide bonds. The number of ether oxygens (including phenoxy) is 3. The number of anilines is 3. The SMILES string of the molecule is Cc1ccc(CNc2cccc(-c3nc4c(c(N(C(=O)OC(C)(C)C)c5ccc(-c6cnn(C(=O)OC(C)(C)C)c6)cc5)n3)COC4)c2)cn1. The van der Waals surface area contributed by atoms with E-state index in [0.29, 0.717) is 47.3 Å². The summed E-state index contributed by atoms with van der Waals surface area (Å²) in [5.41, 5.74) is 5.70. The maximum atomic E-state index is 14.0. The monoisotopic (exact) mass is 675 g/mol. The molecular formula is C38H41N7O5. The van der Waals surface area contributed by atoms with Crippen LogP contribution in [0.15, 0.2) is 79.3 Å². The van der Waals surface area contributed by atoms with Crippen LogP contribution >= 0.6 is 0 Å². The average Bonchev–Trinajstić information content (AvgIpc) is 3.74. The molecule has 50 heavy (non-hydrogen) atoms. The van der Waals surface area contributed by atoms with Crippen molar-refractivity contribution >= 4 is 29.4 Å². The number of aryl methyl sites for hydroxylation is 1. The van der Waals surface area contributed by atoms with Crippen LogP contribution in [0.1, 0.15) is 64.1 Å². The fourth-order valence-corrected chi connectivity index (χ4v) is 5.23. The molecule has 0 radical (unpaired) electrons. The van der Waals surface area contributed by atoms with Crippen LogP contribution in [-0.2, 0) is 34.0 Å². The molecule has 0 spiro atoms. The van der Waals surface area contributed by atoms with Crippen LogP contribution < -0.4 is 10.2 Å². The van der Waals surface area contributed by atoms with Crippen LogP contribution in [0.4, 0.5) is 26.8 Å². The molecule has 0 bridgehead atoms. The van der Waals surface area contributed by atoms with Gasteiger partial charge < -0.3 is 19.5 Å². The van der Waals surface area contributed by atoms with Crippen LogP contribution in [0.25, 0.3) is 22.5 Å². The zero-order valence-corrected chi connectivity index (χ0v) is 29.4. The molecule has 258 valence electrons. The first-order valence-corrected chi connectivity index (χ1v) is 16.4. The van der Waals surface area contributed by atoms with Gasteiger partial charge >= 0.3 is 12.2 Å². The Labute approximate surface area is 291 Å². The van der Waals surface area contributed by atoms with E-state index in [1.807, 2.05) is 82.4 Å². The number of carbonyl (C=O) groups is 2. The molecule has 1 aliphatic rings. The first-order valence-electron chi connectivity index (χ1n) is 16.4. The van der Waals surface area contributed by atoms with E-state index in [1.165, 1.54) is 4.90 Å². The van der Waals surface area contributed by atoms with Crippen LogP contribution in [-0.4, -0.2) is 48.1 Å². The second-order valence-electron chi connectivity index (χ2n) is 14.0. The van der Waals surface area contributed by atoms with E-state index in [-0.39, 0.29) is 6.61 Å². The molecule has 0 saturated carbocycles. The van der Waals surface area contributed by atoms with E-state index >= 15 is 0 Å². The molecule has 0 fully saturated rings. The van der Waals surface area contributed by atoms with E-state index < -0.39 is 23.4 Å². The molecule has 2 aromatic carbocycles. The molecule has 0 unspecified atom stereocenters. The summed E-state index contributed by atoms with van der Waals surface area (Å²) in [6.07, 6.45) is 3.89. The maximum absolute atomic E-state index is 14.0. The van der Waals surface area contributed by atoms with Crippen LogP contribution in [0.3, 0.4) is 0 Å². The van der Waals surface area contributed by atoms with Crippen molar-refractivity contribution in [2.24, 2.45) is 0 Å². The Morgan fingerprint density at radius 1 is 0.880 bits per heavy atom. The van der Waals surface area contributed by atoms with Gasteiger partial charge in [0.15, 0.2) is 11.6 Å². The Hall–Kier alpha value is -5.62. The topological polar surface area (TPSA) is 134 Å². The molecule has 12 heteroatoms. The van der Waals surface area contributed by atoms with E-state index in [2.05, 4.69) is 15.4 Å². The number of pyridine rings is 1. The molecule has 0 saturated heterocycles. The first-order chi connectivity index (χ1) is 23.7. The van der Waals surface area contributed by atoms with Gasteiger partial charge in [0, 0.05) is 47.0 Å². The molecule has 5 aromatic rings. The molecule has 6 rings (SSSR count). The van der Waals surface area contributed by atoms with Gasteiger partial charge in [-0.3, -0.25) is 4.98 Å². The van der Waals surface area contributed by atoms with Crippen molar-refractivity contribution < 1.29 is 23.8 Å². The van der Waals surface area contributed by atoms with Gasteiger partial charge in [0.25, 0.3) is 0 Å². The zero-order valence-electron chi connectivity index (χ0n) is 29.4. The molecule has 12 nitrogen and oxygen atoms in total. The summed E-state index contributed by atoms with van der Waals surface area (Å²) in [5.74, 6) is 0.830. The number of rotatable bonds is 7. The molecule has 3 aromatic heterocycles. The second-order valence-corrected chi connectivity index (χ2v) is 14.0. The van der Waals surface area contributed by atoms with E-state index in [9.17, 15) is 9.59 Å². The van der Waals surface area contributed by atoms with Gasteiger partial charge in [0.05, 0.1) is 30.8 Å². The maximum Gasteiger partial charge on any atom is 0.435 e. The lowest BCUT2D eigenvalue weighted by Gasteiger charge is -2.28. The molecule has 4 heterocycles. The minimum Gasteiger partial charge on any atom is -0.443 e. The van der Waals surface area contributed by atoms with Gasteiger partial charge in [0.1, 0.15) is 11.2 Å². The number of nitrogens with one attached hydrogen (secondary N) is 1. The van der Waals surface area contributed by atoms with Crippen LogP contribution in [0.2, 0.25) is 0 Å². The predicted molar refractivity (Wildman–Crippen MR) is 190 cm³/mol. The second kappa shape index (κ2) is 13.7. The summed E-state index contributed by atoms with van der Waals surface area (Å²) in [7, 11) is 0. The van der Waals surface area contributed by atoms with Crippen LogP contribution in [0, 0.1) is 6.92 Å². The number of carbonyl (C=O) groups excluding carboxylic acids is 2. The van der Waals surface area contributed by atoms with Gasteiger partial charge in [-0.1, -0.05) is 30.3 Å². The Kier molecular flexibility index (Phi) is 9.39. The number of nitrogens with zero attached hydrogens (tertiary/aromatic N) is 6. The van der Waals surface area contributed by atoms with Gasteiger partial charge in [-0.2, -0.15) is 9.78 Å². The summed E-state index contributed by atoms with van der Waals surface area (Å²) in [6.45, 7) is 14.0. The number of hydrogen-bond acceptors (Lipinski definition) is 10. The fraction of sp³-hybridized carbons (Fsp3) is 0.316. The highest BCUT2D eigenvalue weighted by molar-refractivity contribution is 5.96. The lowest BCUT2D eigenvalue weighted by molar-refractivity contribution is 0.0513. The van der Waals surface area contributed by atoms with Crippen molar-refractivity contribution in [1.82, 2.24) is 24.7 Å². The minimum atomic E-state index is -0.770. The molecule has 0 aliphatic carbocycles. The van der Waals surface area contributed by atoms with E-state index in [4.69, 9.17) is 24.2 Å². The standard InChI is InChI=1S/C38H41N7O5/c1-24-11-12-25(18-39-24)19-40-29-10-8-9-27(17-29)33-42-32-23-48-22-31(32)34(43-33)45(36(47)50-38(5,6)7)30-15-13-26(14-16-30)28-20-41-44(21-28)35(46)49-37(2,3)4/h8-18,20-21,40H,19,22-23H2,1-7H3. The molecular weight excluding hydrogens is 634 g/mol. The average molecular weight is 676 g/mol. The molecule has 1 aliphatic heterocycles. The smallest absolute Gasteiger partial charge is 0.435 e. The fourth-order valence-electron chi connectivity index (χ4n) is 5.23. The highest BCUT2D eigenvalue weighted by Crippen LogP contribution is 2.36. The Bertz CT molecular complexity index is 2010. The number of benzene rings is 2. The predicted octanol–water partition coefficient (Wildman–Crippen LogP) is 8.21. The van der Waals surface area contributed by atoms with Crippen molar-refractivity contribution in [3.63, 3.8) is 0 Å². The van der Waals surface area contributed by atoms with E-state index in [0.717, 1.165) is 32.8 Å². The summed E-state index contributed by atoms with van der Waals surface area (Å²) in [5, 5.41) is 7.63. The van der Waals surface area contributed by atoms with Crippen molar-refractivity contribution in [2.45, 2.75) is 79.4 Å². The zero-order chi connectivity index (χ0) is 35.6. The van der Waals surface area contributed by atoms with Crippen molar-refractivity contribution in [1.29, 1.82) is 0 Å². The molecule has 1 N–H and O–H groups in total. The summed E-state index contributed by atoms with van der Waals surface area (Å²) < 4.78 is 18.3. The Balaban J connectivity index is 1.34. The first kappa shape index (κ1) is 34.3. The Morgan fingerprint density at radius 2 is 1.64 bits per heavy atom. The quantitative estimate of drug-likeness (QED) is 0.180.